The van der Waals surface area contributed by atoms with Crippen molar-refractivity contribution in [1.29, 1.82) is 0 Å². The largest absolute Gasteiger partial charge is 0.493 e. The molecule has 0 aliphatic carbocycles. The first-order valence-electron chi connectivity index (χ1n) is 8.07. The van der Waals surface area contributed by atoms with Gasteiger partial charge in [0.05, 0.1) is 26.5 Å². The Bertz CT molecular complexity index is 751. The minimum absolute atomic E-state index is 0.241. The van der Waals surface area contributed by atoms with Crippen LogP contribution in [0.2, 0.25) is 0 Å². The predicted molar refractivity (Wildman–Crippen MR) is 94.7 cm³/mol. The minimum atomic E-state index is -0.619. The Morgan fingerprint density at radius 1 is 1.23 bits per heavy atom. The Morgan fingerprint density at radius 2 is 2.08 bits per heavy atom. The molecule has 0 aliphatic rings. The van der Waals surface area contributed by atoms with E-state index < -0.39 is 11.9 Å². The molecule has 0 bridgehead atoms. The monoisotopic (exact) mass is 359 g/mol. The molecule has 2 rings (SSSR count). The van der Waals surface area contributed by atoms with E-state index in [-0.39, 0.29) is 13.2 Å². The fourth-order valence-corrected chi connectivity index (χ4v) is 2.06. The lowest BCUT2D eigenvalue weighted by molar-refractivity contribution is -0.143. The summed E-state index contributed by atoms with van der Waals surface area (Å²) < 4.78 is 20.7. The first-order valence-corrected chi connectivity index (χ1v) is 8.07. The quantitative estimate of drug-likeness (QED) is 0.547. The van der Waals surface area contributed by atoms with E-state index in [9.17, 15) is 9.59 Å². The Hall–Kier alpha value is -3.22. The Balaban J connectivity index is 1.80. The van der Waals surface area contributed by atoms with E-state index in [1.54, 1.807) is 43.5 Å². The summed E-state index contributed by atoms with van der Waals surface area (Å²) in [7, 11) is 1.54. The van der Waals surface area contributed by atoms with Gasteiger partial charge in [-0.15, -0.1) is 0 Å². The van der Waals surface area contributed by atoms with E-state index >= 15 is 0 Å². The molecular formula is C19H21NO6. The van der Waals surface area contributed by atoms with Crippen LogP contribution in [0.15, 0.2) is 47.1 Å². The molecular weight excluding hydrogens is 338 g/mol. The molecule has 2 aromatic rings. The van der Waals surface area contributed by atoms with Crippen molar-refractivity contribution < 1.29 is 28.2 Å². The maximum absolute atomic E-state index is 11.7. The van der Waals surface area contributed by atoms with Crippen molar-refractivity contribution in [2.75, 3.05) is 20.3 Å². The first-order chi connectivity index (χ1) is 12.6. The molecule has 7 heteroatoms. The van der Waals surface area contributed by atoms with Crippen LogP contribution in [0, 0.1) is 0 Å². The van der Waals surface area contributed by atoms with Gasteiger partial charge in [0.25, 0.3) is 5.91 Å². The lowest BCUT2D eigenvalue weighted by atomic mass is 10.2. The maximum atomic E-state index is 11.7. The normalized spacial score (nSPS) is 10.5. The first kappa shape index (κ1) is 19.1. The van der Waals surface area contributed by atoms with Crippen LogP contribution < -0.4 is 14.8 Å². The highest BCUT2D eigenvalue weighted by molar-refractivity contribution is 5.89. The van der Waals surface area contributed by atoms with Crippen LogP contribution in [0.25, 0.3) is 6.08 Å². The number of ether oxygens (including phenoxy) is 3. The van der Waals surface area contributed by atoms with Gasteiger partial charge in [0.15, 0.2) is 18.1 Å². The zero-order chi connectivity index (χ0) is 18.8. The smallest absolute Gasteiger partial charge is 0.331 e. The fraction of sp³-hybridized carbons (Fsp3) is 0.263. The molecule has 0 saturated carbocycles. The Labute approximate surface area is 151 Å². The third-order valence-corrected chi connectivity index (χ3v) is 3.28. The molecule has 138 valence electrons. The molecule has 1 aromatic carbocycles. The predicted octanol–water partition coefficient (Wildman–Crippen LogP) is 2.56. The summed E-state index contributed by atoms with van der Waals surface area (Å²) in [5, 5.41) is 2.58. The van der Waals surface area contributed by atoms with E-state index in [1.165, 1.54) is 12.3 Å². The SMILES string of the molecule is CCOc1ccc(C=CC(=O)OCC(=O)NCc2ccco2)cc1OC. The number of benzene rings is 1. The second kappa shape index (κ2) is 9.93. The van der Waals surface area contributed by atoms with Crippen LogP contribution in [-0.4, -0.2) is 32.2 Å². The van der Waals surface area contributed by atoms with Gasteiger partial charge in [-0.25, -0.2) is 4.79 Å². The summed E-state index contributed by atoms with van der Waals surface area (Å²) in [6.45, 7) is 2.29. The standard InChI is InChI=1S/C19H21NO6/c1-3-24-16-8-6-14(11-17(16)23-2)7-9-19(22)26-13-18(21)20-12-15-5-4-10-25-15/h4-11H,3,12-13H2,1-2H3,(H,20,21). The van der Waals surface area contributed by atoms with Crippen LogP contribution in [0.1, 0.15) is 18.2 Å². The van der Waals surface area contributed by atoms with Gasteiger partial charge in [-0.05, 0) is 42.8 Å². The highest BCUT2D eigenvalue weighted by Crippen LogP contribution is 2.28. The lowest BCUT2D eigenvalue weighted by Gasteiger charge is -2.09. The van der Waals surface area contributed by atoms with Crippen LogP contribution in [-0.2, 0) is 20.9 Å². The van der Waals surface area contributed by atoms with Crippen LogP contribution >= 0.6 is 0 Å². The second-order valence-electron chi connectivity index (χ2n) is 5.14. The number of furan rings is 1. The molecule has 0 atom stereocenters. The number of carbonyl (C=O) groups is 2. The Kier molecular flexibility index (Phi) is 7.30. The second-order valence-corrected chi connectivity index (χ2v) is 5.14. The minimum Gasteiger partial charge on any atom is -0.493 e. The van der Waals surface area contributed by atoms with Crippen molar-refractivity contribution in [3.8, 4) is 11.5 Å². The molecule has 1 amide bonds. The van der Waals surface area contributed by atoms with E-state index in [0.29, 0.717) is 23.9 Å². The number of hydrogen-bond donors (Lipinski definition) is 1. The number of nitrogens with one attached hydrogen (secondary N) is 1. The van der Waals surface area contributed by atoms with Gasteiger partial charge in [0.2, 0.25) is 0 Å². The summed E-state index contributed by atoms with van der Waals surface area (Å²) in [5.74, 6) is 0.786. The molecule has 0 unspecified atom stereocenters. The topological polar surface area (TPSA) is 87.0 Å². The van der Waals surface area contributed by atoms with Crippen molar-refractivity contribution in [3.63, 3.8) is 0 Å². The highest BCUT2D eigenvalue weighted by atomic mass is 16.5. The van der Waals surface area contributed by atoms with Crippen molar-refractivity contribution in [3.05, 3.63) is 54.0 Å². The molecule has 1 N–H and O–H groups in total. The average Bonchev–Trinajstić information content (AvgIpc) is 3.17. The van der Waals surface area contributed by atoms with Gasteiger partial charge in [0.1, 0.15) is 5.76 Å². The highest BCUT2D eigenvalue weighted by Gasteiger charge is 2.07. The van der Waals surface area contributed by atoms with Gasteiger partial charge in [0, 0.05) is 6.08 Å². The maximum Gasteiger partial charge on any atom is 0.331 e. The molecule has 0 saturated heterocycles. The number of amides is 1. The van der Waals surface area contributed by atoms with Gasteiger partial charge in [-0.3, -0.25) is 4.79 Å². The van der Waals surface area contributed by atoms with Crippen LogP contribution in [0.5, 0.6) is 11.5 Å². The van der Waals surface area contributed by atoms with Gasteiger partial charge in [-0.2, -0.15) is 0 Å². The zero-order valence-corrected chi connectivity index (χ0v) is 14.7. The van der Waals surface area contributed by atoms with Crippen molar-refractivity contribution in [2.24, 2.45) is 0 Å². The Morgan fingerprint density at radius 3 is 2.77 bits per heavy atom. The molecule has 7 nitrogen and oxygen atoms in total. The molecule has 0 aliphatic heterocycles. The molecule has 1 aromatic heterocycles. The number of hydrogen-bond acceptors (Lipinski definition) is 6. The number of methoxy groups -OCH3 is 1. The molecule has 0 fully saturated rings. The van der Waals surface area contributed by atoms with Gasteiger partial charge in [-0.1, -0.05) is 6.07 Å². The summed E-state index contributed by atoms with van der Waals surface area (Å²) in [6.07, 6.45) is 4.33. The van der Waals surface area contributed by atoms with Crippen molar-refractivity contribution in [2.45, 2.75) is 13.5 Å². The van der Waals surface area contributed by atoms with Gasteiger partial charge >= 0.3 is 5.97 Å². The van der Waals surface area contributed by atoms with Crippen LogP contribution in [0.3, 0.4) is 0 Å². The van der Waals surface area contributed by atoms with E-state index in [1.807, 2.05) is 6.92 Å². The summed E-state index contributed by atoms with van der Waals surface area (Å²) >= 11 is 0. The fourth-order valence-electron chi connectivity index (χ4n) is 2.06. The molecule has 0 spiro atoms. The van der Waals surface area contributed by atoms with E-state index in [0.717, 1.165) is 5.56 Å². The molecule has 1 heterocycles. The lowest BCUT2D eigenvalue weighted by Crippen LogP contribution is -2.27. The van der Waals surface area contributed by atoms with E-state index in [2.05, 4.69) is 5.32 Å². The number of esters is 1. The molecule has 26 heavy (non-hydrogen) atoms. The zero-order valence-electron chi connectivity index (χ0n) is 14.7. The number of carbonyl (C=O) groups excluding carboxylic acids is 2. The van der Waals surface area contributed by atoms with E-state index in [4.69, 9.17) is 18.6 Å². The van der Waals surface area contributed by atoms with Crippen molar-refractivity contribution in [1.82, 2.24) is 5.32 Å². The summed E-state index contributed by atoms with van der Waals surface area (Å²) in [5.41, 5.74) is 0.740. The molecule has 0 radical (unpaired) electrons. The third kappa shape index (κ3) is 6.01. The van der Waals surface area contributed by atoms with Crippen molar-refractivity contribution >= 4 is 18.0 Å². The van der Waals surface area contributed by atoms with Gasteiger partial charge < -0.3 is 23.9 Å². The third-order valence-electron chi connectivity index (χ3n) is 3.28. The average molecular weight is 359 g/mol. The summed E-state index contributed by atoms with van der Waals surface area (Å²) in [4.78, 5) is 23.3. The summed E-state index contributed by atoms with van der Waals surface area (Å²) in [6, 6.07) is 8.75. The number of rotatable bonds is 9. The van der Waals surface area contributed by atoms with Crippen LogP contribution in [0.4, 0.5) is 0 Å².